The topological polar surface area (TPSA) is 177 Å². The van der Waals surface area contributed by atoms with Crippen LogP contribution in [0.1, 0.15) is 110 Å². The number of carbonyl (C=O) groups excluding carboxylic acids is 4. The molecule has 0 spiro atoms. The molecule has 62 heavy (non-hydrogen) atoms. The number of likely N-dealkylation sites (N-methyl/N-ethyl adjacent to an activating group) is 1. The Bertz CT molecular complexity index is 2270. The number of halogens is 1. The second kappa shape index (κ2) is 21.0. The molecule has 4 amide bonds. The van der Waals surface area contributed by atoms with E-state index in [1.165, 1.54) is 23.3 Å². The van der Waals surface area contributed by atoms with E-state index in [0.717, 1.165) is 91.3 Å². The van der Waals surface area contributed by atoms with Crippen LogP contribution in [0.5, 0.6) is 0 Å². The van der Waals surface area contributed by atoms with Gasteiger partial charge in [-0.2, -0.15) is 0 Å². The number of nitrogens with zero attached hydrogens (tertiary/aromatic N) is 3. The Hall–Kier alpha value is -5.57. The van der Waals surface area contributed by atoms with E-state index in [9.17, 15) is 28.8 Å². The molecule has 4 N–H and O–H groups in total. The predicted octanol–water partition coefficient (Wildman–Crippen LogP) is 7.32. The molecule has 3 aliphatic rings. The smallest absolute Gasteiger partial charge is 0.335 e. The first kappa shape index (κ1) is 45.9. The maximum Gasteiger partial charge on any atom is 0.335 e. The van der Waals surface area contributed by atoms with Crippen LogP contribution < -0.4 is 10.6 Å². The molecule has 13 nitrogen and oxygen atoms in total. The number of aryl methyl sites for hydroxylation is 3. The maximum absolute atomic E-state index is 14.0. The summed E-state index contributed by atoms with van der Waals surface area (Å²) in [6.07, 6.45) is 8.59. The van der Waals surface area contributed by atoms with Crippen LogP contribution in [0.25, 0.3) is 0 Å². The summed E-state index contributed by atoms with van der Waals surface area (Å²) in [6, 6.07) is 23.0. The number of carboxylic acid groups (broad SMARTS) is 2. The molecule has 328 valence electrons. The first-order chi connectivity index (χ1) is 29.4. The summed E-state index contributed by atoms with van der Waals surface area (Å²) < 4.78 is 0. The maximum atomic E-state index is 14.0. The van der Waals surface area contributed by atoms with Gasteiger partial charge in [-0.3, -0.25) is 28.9 Å². The number of rotatable bonds is 17. The summed E-state index contributed by atoms with van der Waals surface area (Å²) in [6.45, 7) is 1.75. The Morgan fingerprint density at radius 2 is 1.39 bits per heavy atom. The average Bonchev–Trinajstić information content (AvgIpc) is 4.04. The number of carbonyl (C=O) groups is 6. The van der Waals surface area contributed by atoms with Gasteiger partial charge in [0, 0.05) is 61.3 Å². The number of hydrogen-bond donors (Lipinski definition) is 4. The van der Waals surface area contributed by atoms with Gasteiger partial charge in [-0.05, 0) is 123 Å². The van der Waals surface area contributed by atoms with Gasteiger partial charge in [-0.1, -0.05) is 36.4 Å². The molecule has 2 heterocycles. The number of amides is 4. The molecule has 4 aromatic rings. The quantitative estimate of drug-likeness (QED) is 0.0847. The van der Waals surface area contributed by atoms with Gasteiger partial charge >= 0.3 is 11.9 Å². The standard InChI is InChI=1S/C47H53N5O8S.ClH/c1-50(40(53)21-22-42(55)56)29-41(54)51-25-23-37(24-26-51)52(36-19-20-36)28-32-5-4-6-34(27-32)44(57)49-46-43(38-7-2-3-8-39(38)61-46)45(58)48-35-17-13-31(14-18-35)10-9-30-11-15-33(16-12-30)47(59)60;/h4-6,11-18,27,36-37H,2-3,7-10,19-26,28-29H2,1H3,(H,48,58)(H,49,57)(H,55,56)(H,59,60);1H. The summed E-state index contributed by atoms with van der Waals surface area (Å²) in [7, 11) is 1.53. The third kappa shape index (κ3) is 11.9. The molecule has 0 bridgehead atoms. The number of nitrogens with one attached hydrogen (secondary N) is 2. The van der Waals surface area contributed by atoms with E-state index >= 15 is 0 Å². The lowest BCUT2D eigenvalue weighted by Gasteiger charge is -2.39. The van der Waals surface area contributed by atoms with Crippen molar-refractivity contribution >= 4 is 70.0 Å². The second-order valence-corrected chi connectivity index (χ2v) is 17.5. The van der Waals surface area contributed by atoms with Gasteiger partial charge in [-0.25, -0.2) is 4.79 Å². The number of piperidine rings is 1. The van der Waals surface area contributed by atoms with E-state index < -0.39 is 11.9 Å². The van der Waals surface area contributed by atoms with Crippen LogP contribution in [0.3, 0.4) is 0 Å². The number of carboxylic acids is 2. The van der Waals surface area contributed by atoms with Crippen LogP contribution in [-0.2, 0) is 46.6 Å². The molecule has 0 atom stereocenters. The monoisotopic (exact) mass is 883 g/mol. The van der Waals surface area contributed by atoms with E-state index in [1.54, 1.807) is 23.1 Å². The van der Waals surface area contributed by atoms with E-state index in [4.69, 9.17) is 10.2 Å². The number of anilines is 2. The van der Waals surface area contributed by atoms with Gasteiger partial charge in [-0.15, -0.1) is 23.7 Å². The summed E-state index contributed by atoms with van der Waals surface area (Å²) in [5.41, 5.74) is 6.12. The van der Waals surface area contributed by atoms with Crippen LogP contribution in [0.4, 0.5) is 10.7 Å². The Balaban J connectivity index is 0.00000641. The molecular weight excluding hydrogens is 830 g/mol. The van der Waals surface area contributed by atoms with Crippen molar-refractivity contribution in [1.82, 2.24) is 14.7 Å². The summed E-state index contributed by atoms with van der Waals surface area (Å²) >= 11 is 1.49. The Morgan fingerprint density at radius 3 is 2.03 bits per heavy atom. The summed E-state index contributed by atoms with van der Waals surface area (Å²) in [4.78, 5) is 81.9. The molecule has 1 aliphatic heterocycles. The molecule has 7 rings (SSSR count). The van der Waals surface area contributed by atoms with Gasteiger partial charge < -0.3 is 30.6 Å². The third-order valence-electron chi connectivity index (χ3n) is 11.9. The Morgan fingerprint density at radius 1 is 0.742 bits per heavy atom. The lowest BCUT2D eigenvalue weighted by atomic mass is 9.95. The highest BCUT2D eigenvalue weighted by Crippen LogP contribution is 2.39. The average molecular weight is 884 g/mol. The van der Waals surface area contributed by atoms with E-state index in [2.05, 4.69) is 15.5 Å². The van der Waals surface area contributed by atoms with Crippen molar-refractivity contribution in [2.24, 2.45) is 0 Å². The molecule has 0 unspecified atom stereocenters. The number of hydrogen-bond acceptors (Lipinski definition) is 8. The number of likely N-dealkylation sites (tertiary alicyclic amines) is 1. The normalized spacial score (nSPS) is 15.0. The molecule has 0 radical (unpaired) electrons. The molecule has 15 heteroatoms. The predicted molar refractivity (Wildman–Crippen MR) is 240 cm³/mol. The summed E-state index contributed by atoms with van der Waals surface area (Å²) in [5.74, 6) is -3.01. The zero-order chi connectivity index (χ0) is 43.0. The first-order valence-corrected chi connectivity index (χ1v) is 22.0. The van der Waals surface area contributed by atoms with E-state index in [-0.39, 0.29) is 67.0 Å². The van der Waals surface area contributed by atoms with Gasteiger partial charge in [0.15, 0.2) is 0 Å². The highest BCUT2D eigenvalue weighted by molar-refractivity contribution is 7.17. The zero-order valence-corrected chi connectivity index (χ0v) is 36.5. The third-order valence-corrected chi connectivity index (χ3v) is 13.2. The Labute approximate surface area is 371 Å². The van der Waals surface area contributed by atoms with Crippen LogP contribution >= 0.6 is 23.7 Å². The fourth-order valence-electron chi connectivity index (χ4n) is 8.35. The highest BCUT2D eigenvalue weighted by Gasteiger charge is 2.36. The number of aromatic carboxylic acids is 1. The number of thiophene rings is 1. The molecule has 1 saturated carbocycles. The van der Waals surface area contributed by atoms with Crippen molar-refractivity contribution in [2.75, 3.05) is 37.3 Å². The molecule has 3 aromatic carbocycles. The van der Waals surface area contributed by atoms with Gasteiger partial charge in [0.05, 0.1) is 24.1 Å². The van der Waals surface area contributed by atoms with Crippen molar-refractivity contribution in [3.63, 3.8) is 0 Å². The van der Waals surface area contributed by atoms with Gasteiger partial charge in [0.25, 0.3) is 11.8 Å². The number of benzene rings is 3. The Kier molecular flexibility index (Phi) is 15.6. The highest BCUT2D eigenvalue weighted by atomic mass is 35.5. The molecule has 1 aromatic heterocycles. The van der Waals surface area contributed by atoms with Crippen LogP contribution in [0, 0.1) is 0 Å². The first-order valence-electron chi connectivity index (χ1n) is 21.2. The minimum Gasteiger partial charge on any atom is -0.481 e. The summed E-state index contributed by atoms with van der Waals surface area (Å²) in [5, 5.41) is 24.8. The minimum absolute atomic E-state index is 0. The van der Waals surface area contributed by atoms with Crippen molar-refractivity contribution in [3.8, 4) is 0 Å². The number of fused-ring (bicyclic) bond motifs is 1. The van der Waals surface area contributed by atoms with Crippen LogP contribution in [0.15, 0.2) is 72.8 Å². The minimum atomic E-state index is -1.04. The molecule has 2 aliphatic carbocycles. The van der Waals surface area contributed by atoms with Crippen molar-refractivity contribution in [2.45, 2.75) is 95.7 Å². The largest absolute Gasteiger partial charge is 0.481 e. The fraction of sp³-hybridized carbons (Fsp3) is 0.404. The second-order valence-electron chi connectivity index (χ2n) is 16.4. The molecular formula is C47H54ClN5O8S. The van der Waals surface area contributed by atoms with E-state index in [1.807, 2.05) is 54.6 Å². The lowest BCUT2D eigenvalue weighted by molar-refractivity contribution is -0.142. The van der Waals surface area contributed by atoms with Crippen LogP contribution in [0.2, 0.25) is 0 Å². The zero-order valence-electron chi connectivity index (χ0n) is 34.9. The fourth-order valence-corrected chi connectivity index (χ4v) is 9.63. The van der Waals surface area contributed by atoms with Crippen molar-refractivity contribution in [1.29, 1.82) is 0 Å². The van der Waals surface area contributed by atoms with E-state index in [0.29, 0.717) is 47.5 Å². The number of aliphatic carboxylic acids is 1. The van der Waals surface area contributed by atoms with Crippen molar-refractivity contribution < 1.29 is 39.0 Å². The van der Waals surface area contributed by atoms with Gasteiger partial charge in [0.1, 0.15) is 5.00 Å². The van der Waals surface area contributed by atoms with Crippen molar-refractivity contribution in [3.05, 3.63) is 117 Å². The molecule has 2 fully saturated rings. The van der Waals surface area contributed by atoms with Gasteiger partial charge in [0.2, 0.25) is 11.8 Å². The van der Waals surface area contributed by atoms with Crippen LogP contribution in [-0.4, -0.2) is 99.2 Å². The SMILES string of the molecule is CN(CC(=O)N1CCC(N(Cc2cccc(C(=O)Nc3sc4c(c3C(=O)Nc3ccc(CCc5ccc(C(=O)O)cc5)cc3)CCCC4)c2)C2CC2)CC1)C(=O)CCC(=O)O.Cl. The lowest BCUT2D eigenvalue weighted by Crippen LogP contribution is -2.49. The molecule has 1 saturated heterocycles.